The van der Waals surface area contributed by atoms with Crippen molar-refractivity contribution in [1.29, 1.82) is 0 Å². The zero-order valence-corrected chi connectivity index (χ0v) is 14.2. The minimum Gasteiger partial charge on any atom is -0.378 e. The molecule has 0 bridgehead atoms. The quantitative estimate of drug-likeness (QED) is 0.213. The zero-order chi connectivity index (χ0) is 19.8. The van der Waals surface area contributed by atoms with E-state index in [4.69, 9.17) is 10.3 Å². The van der Waals surface area contributed by atoms with E-state index in [1.165, 1.54) is 30.3 Å². The molecule has 2 heterocycles. The minimum absolute atomic E-state index is 0.0219. The van der Waals surface area contributed by atoms with E-state index in [2.05, 4.69) is 20.9 Å². The Hall–Kier alpha value is -3.49. The highest BCUT2D eigenvalue weighted by atomic mass is 32.2. The third-order valence-corrected chi connectivity index (χ3v) is 4.38. The lowest BCUT2D eigenvalue weighted by Crippen LogP contribution is -2.24. The fraction of sp³-hybridized carbons (Fsp3) is 0.0769. The number of anilines is 2. The maximum atomic E-state index is 12.0. The van der Waals surface area contributed by atoms with Gasteiger partial charge in [-0.1, -0.05) is 0 Å². The summed E-state index contributed by atoms with van der Waals surface area (Å²) in [5.74, 6) is -0.285. The van der Waals surface area contributed by atoms with Gasteiger partial charge in [0, 0.05) is 11.8 Å². The van der Waals surface area contributed by atoms with Crippen LogP contribution in [0.25, 0.3) is 5.65 Å². The number of fused-ring (bicyclic) bond motifs is 1. The third kappa shape index (κ3) is 3.71. The van der Waals surface area contributed by atoms with E-state index in [9.17, 15) is 23.3 Å². The lowest BCUT2D eigenvalue weighted by atomic mass is 10.3. The SMILES string of the molecule is Nc1[nH]n2c(=O)cc(CNNc3ccc(S(=O)(=O)O)cc3)nc2c1[N+](=O)[O-]. The fourth-order valence-electron chi connectivity index (χ4n) is 2.31. The number of nitrogens with two attached hydrogens (primary N) is 1. The smallest absolute Gasteiger partial charge is 0.354 e. The summed E-state index contributed by atoms with van der Waals surface area (Å²) in [6.45, 7) is 0.0219. The Bertz CT molecular complexity index is 1180. The number of rotatable bonds is 6. The Labute approximate surface area is 150 Å². The second-order valence-electron chi connectivity index (χ2n) is 5.35. The van der Waals surface area contributed by atoms with E-state index in [0.717, 1.165) is 4.52 Å². The molecule has 142 valence electrons. The van der Waals surface area contributed by atoms with Crippen molar-refractivity contribution in [1.82, 2.24) is 20.0 Å². The first-order chi connectivity index (χ1) is 12.7. The maximum Gasteiger partial charge on any atom is 0.354 e. The minimum atomic E-state index is -4.28. The number of aromatic nitrogens is 3. The Morgan fingerprint density at radius 1 is 1.33 bits per heavy atom. The molecule has 0 amide bonds. The number of nitro groups is 1. The normalized spacial score (nSPS) is 11.6. The molecule has 1 aromatic carbocycles. The first-order valence-electron chi connectivity index (χ1n) is 7.28. The van der Waals surface area contributed by atoms with Crippen LogP contribution in [-0.4, -0.2) is 32.5 Å². The first kappa shape index (κ1) is 18.3. The van der Waals surface area contributed by atoms with Crippen molar-refractivity contribution in [3.63, 3.8) is 0 Å². The van der Waals surface area contributed by atoms with Crippen LogP contribution in [0.5, 0.6) is 0 Å². The summed E-state index contributed by atoms with van der Waals surface area (Å²) in [6.07, 6.45) is 0. The summed E-state index contributed by atoms with van der Waals surface area (Å²) in [5, 5.41) is 13.5. The van der Waals surface area contributed by atoms with E-state index in [1.807, 2.05) is 0 Å². The zero-order valence-electron chi connectivity index (χ0n) is 13.4. The predicted molar refractivity (Wildman–Crippen MR) is 93.6 cm³/mol. The van der Waals surface area contributed by atoms with Crippen LogP contribution in [0.2, 0.25) is 0 Å². The standard InChI is InChI=1S/C13H13N7O6S/c14-12-11(20(22)23)13-16-8(5-10(21)19(13)18-12)6-15-17-7-1-3-9(4-2-7)27(24,25)26/h1-5,15,17-18H,6,14H2,(H,24,25,26). The van der Waals surface area contributed by atoms with E-state index in [1.54, 1.807) is 0 Å². The molecule has 0 unspecified atom stereocenters. The van der Waals surface area contributed by atoms with Crippen LogP contribution < -0.4 is 22.1 Å². The van der Waals surface area contributed by atoms with E-state index in [-0.39, 0.29) is 28.6 Å². The van der Waals surface area contributed by atoms with Crippen molar-refractivity contribution in [2.24, 2.45) is 0 Å². The van der Waals surface area contributed by atoms with Gasteiger partial charge in [-0.15, -0.1) is 0 Å². The highest BCUT2D eigenvalue weighted by molar-refractivity contribution is 7.85. The number of aromatic amines is 1. The third-order valence-electron chi connectivity index (χ3n) is 3.51. The molecule has 6 N–H and O–H groups in total. The van der Waals surface area contributed by atoms with Gasteiger partial charge in [-0.3, -0.25) is 24.6 Å². The van der Waals surface area contributed by atoms with Gasteiger partial charge in [-0.2, -0.15) is 12.9 Å². The van der Waals surface area contributed by atoms with Crippen molar-refractivity contribution in [2.45, 2.75) is 11.4 Å². The predicted octanol–water partition coefficient (Wildman–Crippen LogP) is -0.124. The molecule has 14 heteroatoms. The molecular weight excluding hydrogens is 382 g/mol. The van der Waals surface area contributed by atoms with Crippen LogP contribution in [0.4, 0.5) is 17.2 Å². The summed E-state index contributed by atoms with van der Waals surface area (Å²) in [5.41, 5.74) is 10.4. The molecule has 0 fully saturated rings. The van der Waals surface area contributed by atoms with Gasteiger partial charge in [0.15, 0.2) is 5.82 Å². The van der Waals surface area contributed by atoms with Gasteiger partial charge in [0.05, 0.1) is 22.1 Å². The average Bonchev–Trinajstić information content (AvgIpc) is 2.91. The van der Waals surface area contributed by atoms with Crippen LogP contribution in [-0.2, 0) is 16.7 Å². The molecule has 0 aliphatic heterocycles. The lowest BCUT2D eigenvalue weighted by molar-refractivity contribution is -0.382. The first-order valence-corrected chi connectivity index (χ1v) is 8.72. The van der Waals surface area contributed by atoms with Gasteiger partial charge in [0.25, 0.3) is 15.7 Å². The van der Waals surface area contributed by atoms with Crippen molar-refractivity contribution < 1.29 is 17.9 Å². The number of H-pyrrole nitrogens is 1. The van der Waals surface area contributed by atoms with Gasteiger partial charge in [0.2, 0.25) is 5.65 Å². The summed E-state index contributed by atoms with van der Waals surface area (Å²) in [7, 11) is -4.28. The molecule has 0 spiro atoms. The number of benzene rings is 1. The number of hydrogen-bond donors (Lipinski definition) is 5. The molecule has 3 rings (SSSR count). The number of hydrogen-bond acceptors (Lipinski definition) is 9. The van der Waals surface area contributed by atoms with Crippen LogP contribution >= 0.6 is 0 Å². The number of nitrogens with one attached hydrogen (secondary N) is 3. The van der Waals surface area contributed by atoms with E-state index >= 15 is 0 Å². The highest BCUT2D eigenvalue weighted by Gasteiger charge is 2.23. The Balaban J connectivity index is 1.76. The average molecular weight is 395 g/mol. The monoisotopic (exact) mass is 395 g/mol. The van der Waals surface area contributed by atoms with Gasteiger partial charge in [0.1, 0.15) is 0 Å². The number of nitrogen functional groups attached to an aromatic ring is 1. The van der Waals surface area contributed by atoms with Crippen molar-refractivity contribution in [3.8, 4) is 0 Å². The van der Waals surface area contributed by atoms with Gasteiger partial charge in [-0.05, 0) is 24.3 Å². The largest absolute Gasteiger partial charge is 0.378 e. The molecule has 0 aliphatic carbocycles. The molecule has 0 aliphatic rings. The van der Waals surface area contributed by atoms with E-state index in [0.29, 0.717) is 5.69 Å². The van der Waals surface area contributed by atoms with E-state index < -0.39 is 26.3 Å². The Morgan fingerprint density at radius 2 is 2.00 bits per heavy atom. The maximum absolute atomic E-state index is 12.0. The van der Waals surface area contributed by atoms with Gasteiger partial charge in [-0.25, -0.2) is 10.4 Å². The lowest BCUT2D eigenvalue weighted by Gasteiger charge is -2.08. The molecule has 27 heavy (non-hydrogen) atoms. The molecule has 0 saturated heterocycles. The number of nitrogens with zero attached hydrogens (tertiary/aromatic N) is 3. The molecule has 0 atom stereocenters. The van der Waals surface area contributed by atoms with Gasteiger partial charge >= 0.3 is 5.69 Å². The molecule has 2 aromatic heterocycles. The van der Waals surface area contributed by atoms with Crippen molar-refractivity contribution in [2.75, 3.05) is 11.2 Å². The molecule has 13 nitrogen and oxygen atoms in total. The molecule has 3 aromatic rings. The Kier molecular flexibility index (Phi) is 4.52. The summed E-state index contributed by atoms with van der Waals surface area (Å²) >= 11 is 0. The summed E-state index contributed by atoms with van der Waals surface area (Å²) in [6, 6.07) is 6.37. The molecular formula is C13H13N7O6S. The van der Waals surface area contributed by atoms with Crippen molar-refractivity contribution in [3.05, 3.63) is 56.5 Å². The topological polar surface area (TPSA) is 198 Å². The molecule has 0 saturated carbocycles. The fourth-order valence-corrected chi connectivity index (χ4v) is 2.79. The molecule has 0 radical (unpaired) electrons. The summed E-state index contributed by atoms with van der Waals surface area (Å²) in [4.78, 5) is 26.2. The second kappa shape index (κ2) is 6.67. The Morgan fingerprint density at radius 3 is 2.59 bits per heavy atom. The van der Waals surface area contributed by atoms with Crippen LogP contribution in [0.1, 0.15) is 5.69 Å². The number of hydrazine groups is 1. The summed E-state index contributed by atoms with van der Waals surface area (Å²) < 4.78 is 31.8. The van der Waals surface area contributed by atoms with Gasteiger partial charge < -0.3 is 11.2 Å². The van der Waals surface area contributed by atoms with Crippen molar-refractivity contribution >= 4 is 33.0 Å². The van der Waals surface area contributed by atoms with Crippen LogP contribution in [0.3, 0.4) is 0 Å². The second-order valence-corrected chi connectivity index (χ2v) is 6.78. The highest BCUT2D eigenvalue weighted by Crippen LogP contribution is 2.23. The van der Waals surface area contributed by atoms with Crippen LogP contribution in [0, 0.1) is 10.1 Å². The van der Waals surface area contributed by atoms with Crippen LogP contribution in [0.15, 0.2) is 40.0 Å².